The van der Waals surface area contributed by atoms with Crippen LogP contribution in [0.25, 0.3) is 0 Å². The predicted molar refractivity (Wildman–Crippen MR) is 89.8 cm³/mol. The fourth-order valence-electron chi connectivity index (χ4n) is 2.33. The Balaban J connectivity index is 0.00000288. The third-order valence-corrected chi connectivity index (χ3v) is 3.72. The first kappa shape index (κ1) is 20.0. The molecule has 1 aromatic carbocycles. The highest BCUT2D eigenvalue weighted by molar-refractivity contribution is 5.61. The largest absolute Gasteiger partial charge is 1.00 e. The maximum absolute atomic E-state index is 8.78. The first-order valence-electron chi connectivity index (χ1n) is 7.73. The summed E-state index contributed by atoms with van der Waals surface area (Å²) in [5.41, 5.74) is 0.986. The van der Waals surface area contributed by atoms with Crippen molar-refractivity contribution < 1.29 is 27.3 Å². The van der Waals surface area contributed by atoms with Crippen molar-refractivity contribution in [3.8, 4) is 11.8 Å². The van der Waals surface area contributed by atoms with Crippen LogP contribution < -0.4 is 17.3 Å². The summed E-state index contributed by atoms with van der Waals surface area (Å²) in [6.07, 6.45) is 5.24. The summed E-state index contributed by atoms with van der Waals surface area (Å²) in [5, 5.41) is 11.9. The fourth-order valence-corrected chi connectivity index (χ4v) is 2.33. The highest BCUT2D eigenvalue weighted by Crippen LogP contribution is 2.06. The summed E-state index contributed by atoms with van der Waals surface area (Å²) >= 11 is 0. The van der Waals surface area contributed by atoms with E-state index in [9.17, 15) is 0 Å². The molecule has 0 radical (unpaired) electrons. The maximum Gasteiger partial charge on any atom is 0.209 e. The van der Waals surface area contributed by atoms with Crippen molar-refractivity contribution in [3.05, 3.63) is 48.3 Å². The van der Waals surface area contributed by atoms with E-state index in [-0.39, 0.29) is 24.7 Å². The Morgan fingerprint density at radius 3 is 2.71 bits per heavy atom. The molecule has 3 atom stereocenters. The van der Waals surface area contributed by atoms with Gasteiger partial charge in [-0.25, -0.2) is 0 Å². The SMILES string of the molecule is CC(C)C(C#Cc1ccccc1)OC[NH+]1C=CN(C)C1/C=N\O.[Cl-]. The lowest BCUT2D eigenvalue weighted by molar-refractivity contribution is -0.886. The third kappa shape index (κ3) is 5.57. The summed E-state index contributed by atoms with van der Waals surface area (Å²) in [6, 6.07) is 9.90. The third-order valence-electron chi connectivity index (χ3n) is 3.72. The molecule has 2 N–H and O–H groups in total. The minimum absolute atomic E-state index is 0. The van der Waals surface area contributed by atoms with E-state index in [1.807, 2.05) is 54.7 Å². The minimum Gasteiger partial charge on any atom is -1.00 e. The van der Waals surface area contributed by atoms with E-state index in [0.717, 1.165) is 10.5 Å². The Morgan fingerprint density at radius 2 is 2.08 bits per heavy atom. The van der Waals surface area contributed by atoms with Crippen molar-refractivity contribution in [2.24, 2.45) is 11.1 Å². The van der Waals surface area contributed by atoms with Gasteiger partial charge >= 0.3 is 0 Å². The quantitative estimate of drug-likeness (QED) is 0.283. The van der Waals surface area contributed by atoms with Crippen molar-refractivity contribution in [1.29, 1.82) is 0 Å². The van der Waals surface area contributed by atoms with Gasteiger partial charge in [-0.05, 0) is 18.1 Å². The van der Waals surface area contributed by atoms with Gasteiger partial charge in [-0.15, -0.1) is 0 Å². The summed E-state index contributed by atoms with van der Waals surface area (Å²) in [4.78, 5) is 3.02. The molecule has 0 amide bonds. The number of ether oxygens (including phenoxy) is 1. The van der Waals surface area contributed by atoms with Crippen molar-refractivity contribution >= 4 is 6.21 Å². The minimum atomic E-state index is -0.145. The van der Waals surface area contributed by atoms with Crippen LogP contribution in [0.1, 0.15) is 19.4 Å². The molecule has 0 bridgehead atoms. The van der Waals surface area contributed by atoms with Crippen LogP contribution in [-0.2, 0) is 4.74 Å². The molecule has 24 heavy (non-hydrogen) atoms. The first-order chi connectivity index (χ1) is 11.1. The first-order valence-corrected chi connectivity index (χ1v) is 7.73. The highest BCUT2D eigenvalue weighted by Gasteiger charge is 2.28. The summed E-state index contributed by atoms with van der Waals surface area (Å²) in [6.45, 7) is 4.65. The second-order valence-electron chi connectivity index (χ2n) is 5.88. The smallest absolute Gasteiger partial charge is 0.209 e. The van der Waals surface area contributed by atoms with Gasteiger partial charge < -0.3 is 27.3 Å². The van der Waals surface area contributed by atoms with E-state index in [0.29, 0.717) is 12.6 Å². The Hall–Kier alpha value is -2.00. The number of quaternary nitrogens is 1. The van der Waals surface area contributed by atoms with Gasteiger partial charge in [0.25, 0.3) is 0 Å². The van der Waals surface area contributed by atoms with Gasteiger partial charge in [0, 0.05) is 12.6 Å². The Bertz CT molecular complexity index is 608. The van der Waals surface area contributed by atoms with Gasteiger partial charge in [0.2, 0.25) is 6.17 Å². The van der Waals surface area contributed by atoms with Crippen LogP contribution in [0.3, 0.4) is 0 Å². The average molecular weight is 350 g/mol. The summed E-state index contributed by atoms with van der Waals surface area (Å²) < 4.78 is 6.00. The number of hydrogen-bond donors (Lipinski definition) is 2. The van der Waals surface area contributed by atoms with Crippen molar-refractivity contribution in [2.45, 2.75) is 26.1 Å². The molecule has 5 nitrogen and oxygen atoms in total. The number of hydrogen-bond acceptors (Lipinski definition) is 4. The molecule has 0 saturated carbocycles. The molecule has 0 aliphatic carbocycles. The highest BCUT2D eigenvalue weighted by atomic mass is 35.5. The Morgan fingerprint density at radius 1 is 1.38 bits per heavy atom. The van der Waals surface area contributed by atoms with Crippen LogP contribution in [0.5, 0.6) is 0 Å². The molecule has 0 aromatic heterocycles. The number of oxime groups is 1. The van der Waals surface area contributed by atoms with E-state index in [4.69, 9.17) is 9.94 Å². The normalized spacial score (nSPS) is 20.8. The van der Waals surface area contributed by atoms with Gasteiger partial charge in [-0.2, -0.15) is 0 Å². The zero-order chi connectivity index (χ0) is 16.7. The number of halogens is 1. The molecule has 1 aliphatic heterocycles. The maximum atomic E-state index is 8.78. The summed E-state index contributed by atoms with van der Waals surface area (Å²) in [5.74, 6) is 6.67. The number of nitrogens with one attached hydrogen (secondary N) is 1. The van der Waals surface area contributed by atoms with Gasteiger partial charge in [0.1, 0.15) is 18.5 Å². The Labute approximate surface area is 150 Å². The molecule has 1 aromatic rings. The average Bonchev–Trinajstić information content (AvgIpc) is 2.89. The van der Waals surface area contributed by atoms with E-state index in [1.54, 1.807) is 0 Å². The molecule has 3 unspecified atom stereocenters. The van der Waals surface area contributed by atoms with E-state index in [1.165, 1.54) is 6.21 Å². The van der Waals surface area contributed by atoms with Crippen molar-refractivity contribution in [2.75, 3.05) is 13.8 Å². The topological polar surface area (TPSA) is 49.5 Å². The standard InChI is InChI=1S/C18H23N3O2.ClH/c1-15(2)17(10-9-16-7-5-4-6-8-16)23-14-21-12-11-20(3)18(21)13-19-22;/h4-8,11-13,15,17-18,22H,14H2,1-3H3;1H/b19-13-;. The molecular weight excluding hydrogens is 326 g/mol. The van der Waals surface area contributed by atoms with E-state index < -0.39 is 0 Å². The lowest BCUT2D eigenvalue weighted by Gasteiger charge is -2.23. The Kier molecular flexibility index (Phi) is 8.34. The van der Waals surface area contributed by atoms with Crippen LogP contribution in [0.15, 0.2) is 47.9 Å². The molecule has 130 valence electrons. The van der Waals surface area contributed by atoms with Crippen molar-refractivity contribution in [1.82, 2.24) is 4.90 Å². The van der Waals surface area contributed by atoms with Crippen molar-refractivity contribution in [3.63, 3.8) is 0 Å². The van der Waals surface area contributed by atoms with Crippen LogP contribution in [0, 0.1) is 17.8 Å². The second-order valence-corrected chi connectivity index (χ2v) is 5.88. The van der Waals surface area contributed by atoms with Crippen LogP contribution in [0.4, 0.5) is 0 Å². The predicted octanol–water partition coefficient (Wildman–Crippen LogP) is -1.87. The zero-order valence-electron chi connectivity index (χ0n) is 14.2. The number of nitrogens with zero attached hydrogens (tertiary/aromatic N) is 2. The molecular formula is C18H24ClN3O2. The van der Waals surface area contributed by atoms with Gasteiger partial charge in [0.15, 0.2) is 6.73 Å². The molecule has 1 heterocycles. The molecule has 0 fully saturated rings. The lowest BCUT2D eigenvalue weighted by atomic mass is 10.1. The van der Waals surface area contributed by atoms with E-state index >= 15 is 0 Å². The monoisotopic (exact) mass is 349 g/mol. The fraction of sp³-hybridized carbons (Fsp3) is 0.389. The molecule has 0 saturated heterocycles. The van der Waals surface area contributed by atoms with Gasteiger partial charge in [0.05, 0.1) is 6.20 Å². The van der Waals surface area contributed by atoms with Crippen LogP contribution >= 0.6 is 0 Å². The summed E-state index contributed by atoms with van der Waals surface area (Å²) in [7, 11) is 1.94. The van der Waals surface area contributed by atoms with Gasteiger partial charge in [-0.3, -0.25) is 4.90 Å². The second kappa shape index (κ2) is 9.99. The molecule has 6 heteroatoms. The number of benzene rings is 1. The van der Waals surface area contributed by atoms with E-state index in [2.05, 4.69) is 30.8 Å². The number of rotatable bonds is 5. The van der Waals surface area contributed by atoms with Gasteiger partial charge in [-0.1, -0.05) is 49.0 Å². The molecule has 2 rings (SSSR count). The van der Waals surface area contributed by atoms with Crippen LogP contribution in [0.2, 0.25) is 0 Å². The molecule has 1 aliphatic rings. The zero-order valence-corrected chi connectivity index (χ0v) is 14.9. The molecule has 0 spiro atoms. The van der Waals surface area contributed by atoms with Crippen LogP contribution in [-0.4, -0.2) is 42.4 Å². The lowest BCUT2D eigenvalue weighted by Crippen LogP contribution is -3.12.